The number of H-pyrrole nitrogens is 1. The zero-order valence-electron chi connectivity index (χ0n) is 16.6. The van der Waals surface area contributed by atoms with Gasteiger partial charge in [0, 0.05) is 12.7 Å². The summed E-state index contributed by atoms with van der Waals surface area (Å²) < 4.78 is 83.3. The molecule has 1 aromatic heterocycles. The van der Waals surface area contributed by atoms with Crippen molar-refractivity contribution in [1.82, 2.24) is 9.88 Å². The van der Waals surface area contributed by atoms with E-state index in [4.69, 9.17) is 16.3 Å². The Hall–Kier alpha value is -3.21. The average molecular weight is 493 g/mol. The molecule has 3 aromatic rings. The number of aromatic amines is 1. The fourth-order valence-corrected chi connectivity index (χ4v) is 3.35. The molecule has 0 aliphatic heterocycles. The van der Waals surface area contributed by atoms with Crippen LogP contribution in [0, 0.1) is 0 Å². The number of halogens is 7. The maximum atomic E-state index is 13.0. The van der Waals surface area contributed by atoms with Gasteiger partial charge in [-0.3, -0.25) is 9.59 Å². The maximum Gasteiger partial charge on any atom is 0.471 e. The normalized spacial score (nSPS) is 12.1. The minimum Gasteiger partial charge on any atom is -0.491 e. The van der Waals surface area contributed by atoms with Crippen molar-refractivity contribution in [3.63, 3.8) is 0 Å². The van der Waals surface area contributed by atoms with Crippen LogP contribution in [0.3, 0.4) is 0 Å². The van der Waals surface area contributed by atoms with Crippen molar-refractivity contribution >= 4 is 34.2 Å². The molecule has 0 bridgehead atoms. The molecule has 12 heteroatoms. The minimum atomic E-state index is -5.17. The first kappa shape index (κ1) is 24.4. The number of ketones is 1. The molecular formula is C21H15ClF6N2O3. The topological polar surface area (TPSA) is 62.4 Å². The summed E-state index contributed by atoms with van der Waals surface area (Å²) in [6.45, 7) is -1.37. The molecule has 0 atom stereocenters. The predicted octanol–water partition coefficient (Wildman–Crippen LogP) is 5.54. The van der Waals surface area contributed by atoms with E-state index < -0.39 is 42.8 Å². The largest absolute Gasteiger partial charge is 0.491 e. The summed E-state index contributed by atoms with van der Waals surface area (Å²) in [6.07, 6.45) is -9.47. The first-order valence-corrected chi connectivity index (χ1v) is 9.71. The lowest BCUT2D eigenvalue weighted by Crippen LogP contribution is -2.42. The second-order valence-corrected chi connectivity index (χ2v) is 7.29. The lowest BCUT2D eigenvalue weighted by molar-refractivity contribution is -0.186. The highest BCUT2D eigenvalue weighted by Gasteiger charge is 2.43. The molecule has 0 saturated carbocycles. The van der Waals surface area contributed by atoms with Gasteiger partial charge in [-0.25, -0.2) is 0 Å². The van der Waals surface area contributed by atoms with Crippen LogP contribution in [0.5, 0.6) is 5.75 Å². The van der Waals surface area contributed by atoms with Crippen molar-refractivity contribution in [2.45, 2.75) is 18.9 Å². The van der Waals surface area contributed by atoms with Crippen molar-refractivity contribution in [2.75, 3.05) is 13.2 Å². The number of carbonyl (C=O) groups excluding carboxylic acids is 2. The molecule has 1 heterocycles. The smallest absolute Gasteiger partial charge is 0.471 e. The van der Waals surface area contributed by atoms with Gasteiger partial charge in [0.1, 0.15) is 12.4 Å². The second kappa shape index (κ2) is 9.34. The van der Waals surface area contributed by atoms with Crippen LogP contribution in [0.2, 0.25) is 5.02 Å². The number of fused-ring (bicyclic) bond motifs is 1. The van der Waals surface area contributed by atoms with Gasteiger partial charge in [0.15, 0.2) is 0 Å². The highest BCUT2D eigenvalue weighted by atomic mass is 35.5. The third-order valence-corrected chi connectivity index (χ3v) is 4.93. The molecule has 5 nitrogen and oxygen atoms in total. The number of aromatic nitrogens is 1. The SMILES string of the molecule is O=C(c1c[nH]c2c(Cl)ccc(OCCN(Cc3ccccc3)C(=O)C(F)(F)F)c12)C(F)(F)F. The summed E-state index contributed by atoms with van der Waals surface area (Å²) in [7, 11) is 0. The summed E-state index contributed by atoms with van der Waals surface area (Å²) in [6, 6.07) is 10.4. The van der Waals surface area contributed by atoms with Crippen LogP contribution in [-0.4, -0.2) is 47.1 Å². The van der Waals surface area contributed by atoms with E-state index in [0.29, 0.717) is 10.5 Å². The zero-order valence-corrected chi connectivity index (χ0v) is 17.3. The third-order valence-electron chi connectivity index (χ3n) is 4.61. The van der Waals surface area contributed by atoms with Crippen molar-refractivity contribution in [2.24, 2.45) is 0 Å². The van der Waals surface area contributed by atoms with Gasteiger partial charge in [-0.1, -0.05) is 41.9 Å². The van der Waals surface area contributed by atoms with Crippen molar-refractivity contribution in [3.05, 3.63) is 64.8 Å². The number of ether oxygens (including phenoxy) is 1. The molecule has 3 rings (SSSR count). The Balaban J connectivity index is 1.84. The van der Waals surface area contributed by atoms with Gasteiger partial charge >= 0.3 is 18.3 Å². The highest BCUT2D eigenvalue weighted by Crippen LogP contribution is 2.36. The highest BCUT2D eigenvalue weighted by molar-refractivity contribution is 6.36. The first-order valence-electron chi connectivity index (χ1n) is 9.33. The Bertz CT molecular complexity index is 1160. The lowest BCUT2D eigenvalue weighted by atomic mass is 10.1. The number of hydrogen-bond donors (Lipinski definition) is 1. The van der Waals surface area contributed by atoms with E-state index in [1.54, 1.807) is 18.2 Å². The number of alkyl halides is 6. The molecule has 0 fully saturated rings. The van der Waals surface area contributed by atoms with Crippen LogP contribution in [0.25, 0.3) is 10.9 Å². The summed E-state index contributed by atoms with van der Waals surface area (Å²) >= 11 is 5.97. The lowest BCUT2D eigenvalue weighted by Gasteiger charge is -2.24. The molecule has 0 unspecified atom stereocenters. The van der Waals surface area contributed by atoms with Gasteiger partial charge < -0.3 is 14.6 Å². The number of amides is 1. The number of Topliss-reactive ketones (excluding diaryl/α,β-unsaturated/α-hetero) is 1. The molecule has 0 spiro atoms. The molecule has 0 saturated heterocycles. The summed E-state index contributed by atoms with van der Waals surface area (Å²) in [5.41, 5.74) is -0.315. The van der Waals surface area contributed by atoms with E-state index in [1.807, 2.05) is 0 Å². The summed E-state index contributed by atoms with van der Waals surface area (Å²) in [5, 5.41) is -0.252. The van der Waals surface area contributed by atoms with Gasteiger partial charge in [0.05, 0.1) is 28.0 Å². The van der Waals surface area contributed by atoms with Crippen LogP contribution in [0.1, 0.15) is 15.9 Å². The standard InChI is InChI=1S/C21H15ClF6N2O3/c22-14-6-7-15(16-13(10-29-17(14)16)18(31)20(23,24)25)33-9-8-30(19(32)21(26,27)28)11-12-4-2-1-3-5-12/h1-7,10,29H,8-9,11H2. The van der Waals surface area contributed by atoms with Crippen LogP contribution in [-0.2, 0) is 11.3 Å². The Kier molecular flexibility index (Phi) is 6.92. The molecule has 176 valence electrons. The molecular weight excluding hydrogens is 478 g/mol. The Morgan fingerprint density at radius 3 is 2.24 bits per heavy atom. The van der Waals surface area contributed by atoms with Crippen molar-refractivity contribution < 1.29 is 40.7 Å². The predicted molar refractivity (Wildman–Crippen MR) is 107 cm³/mol. The molecule has 0 radical (unpaired) electrons. The maximum absolute atomic E-state index is 13.0. The number of carbonyl (C=O) groups is 2. The number of nitrogens with one attached hydrogen (secondary N) is 1. The van der Waals surface area contributed by atoms with E-state index in [0.717, 1.165) is 6.20 Å². The van der Waals surface area contributed by atoms with Gasteiger partial charge in [0.2, 0.25) is 0 Å². The molecule has 0 aliphatic carbocycles. The molecule has 1 amide bonds. The monoisotopic (exact) mass is 492 g/mol. The fraction of sp³-hybridized carbons (Fsp3) is 0.238. The number of nitrogens with zero attached hydrogens (tertiary/aromatic N) is 1. The van der Waals surface area contributed by atoms with E-state index in [-0.39, 0.29) is 28.2 Å². The van der Waals surface area contributed by atoms with Crippen molar-refractivity contribution in [1.29, 1.82) is 0 Å². The molecule has 0 aliphatic rings. The number of benzene rings is 2. The number of rotatable bonds is 7. The van der Waals surface area contributed by atoms with Gasteiger partial charge in [-0.2, -0.15) is 26.3 Å². The van der Waals surface area contributed by atoms with Crippen LogP contribution in [0.4, 0.5) is 26.3 Å². The van der Waals surface area contributed by atoms with E-state index in [9.17, 15) is 35.9 Å². The average Bonchev–Trinajstić information content (AvgIpc) is 3.19. The third kappa shape index (κ3) is 5.59. The fourth-order valence-electron chi connectivity index (χ4n) is 3.14. The van der Waals surface area contributed by atoms with Gasteiger partial charge in [0.25, 0.3) is 5.78 Å². The Labute approximate surface area is 187 Å². The van der Waals surface area contributed by atoms with Crippen LogP contribution < -0.4 is 4.74 Å². The van der Waals surface area contributed by atoms with Crippen LogP contribution in [0.15, 0.2) is 48.7 Å². The molecule has 33 heavy (non-hydrogen) atoms. The summed E-state index contributed by atoms with van der Waals surface area (Å²) in [5.74, 6) is -4.44. The van der Waals surface area contributed by atoms with E-state index >= 15 is 0 Å². The second-order valence-electron chi connectivity index (χ2n) is 6.88. The summed E-state index contributed by atoms with van der Waals surface area (Å²) in [4.78, 5) is 26.6. The number of hydrogen-bond acceptors (Lipinski definition) is 3. The van der Waals surface area contributed by atoms with Gasteiger partial charge in [-0.15, -0.1) is 0 Å². The van der Waals surface area contributed by atoms with E-state index in [1.165, 1.54) is 24.3 Å². The van der Waals surface area contributed by atoms with Crippen LogP contribution >= 0.6 is 11.6 Å². The van der Waals surface area contributed by atoms with Crippen molar-refractivity contribution in [3.8, 4) is 5.75 Å². The zero-order chi connectivity index (χ0) is 24.4. The first-order chi connectivity index (χ1) is 15.4. The minimum absolute atomic E-state index is 0.00530. The Morgan fingerprint density at radius 2 is 1.64 bits per heavy atom. The molecule has 2 aromatic carbocycles. The quantitative estimate of drug-likeness (QED) is 0.348. The van der Waals surface area contributed by atoms with Gasteiger partial charge in [-0.05, 0) is 17.7 Å². The Morgan fingerprint density at radius 1 is 0.970 bits per heavy atom. The van der Waals surface area contributed by atoms with E-state index in [2.05, 4.69) is 4.98 Å². The molecule has 1 N–H and O–H groups in total.